The number of carbonyl (C=O) groups is 1. The lowest BCUT2D eigenvalue weighted by atomic mass is 9.78. The van der Waals surface area contributed by atoms with E-state index in [-0.39, 0.29) is 12.1 Å². The topological polar surface area (TPSA) is 26.3 Å². The van der Waals surface area contributed by atoms with Crippen molar-refractivity contribution in [2.24, 2.45) is 0 Å². The molecule has 0 fully saturated rings. The number of ether oxygens (including phenoxy) is 1. The maximum absolute atomic E-state index is 11.8. The Bertz CT molecular complexity index is 1030. The van der Waals surface area contributed by atoms with Crippen LogP contribution in [0.5, 0.6) is 0 Å². The molecule has 2 unspecified atom stereocenters. The van der Waals surface area contributed by atoms with Crippen molar-refractivity contribution < 1.29 is 9.53 Å². The summed E-state index contributed by atoms with van der Waals surface area (Å²) in [4.78, 5) is 11.8. The molecule has 1 aliphatic rings. The molecule has 0 aliphatic heterocycles. The van der Waals surface area contributed by atoms with Gasteiger partial charge in [0.1, 0.15) is 0 Å². The summed E-state index contributed by atoms with van der Waals surface area (Å²) >= 11 is 0. The van der Waals surface area contributed by atoms with Crippen LogP contribution in [0.25, 0.3) is 21.5 Å². The molecule has 0 N–H and O–H groups in total. The van der Waals surface area contributed by atoms with Crippen molar-refractivity contribution in [2.75, 3.05) is 0 Å². The van der Waals surface area contributed by atoms with Crippen LogP contribution in [-0.2, 0) is 16.0 Å². The highest BCUT2D eigenvalue weighted by Crippen LogP contribution is 2.40. The zero-order valence-corrected chi connectivity index (χ0v) is 16.1. The summed E-state index contributed by atoms with van der Waals surface area (Å²) in [5.74, 6) is 0.154. The SMILES string of the molecule is C=C(C)C(=O)OC(C)CC1CCCc2c1ccc1c2ccc2ccccc21. The summed E-state index contributed by atoms with van der Waals surface area (Å²) in [5.41, 5.74) is 3.37. The predicted octanol–water partition coefficient (Wildman–Crippen LogP) is 6.31. The standard InChI is InChI=1S/C25H26O2/c1-16(2)25(26)27-17(3)15-19-8-6-10-22-21(19)13-14-23-20-9-5-4-7-18(20)11-12-24(22)23/h4-5,7,9,11-14,17,19H,1,6,8,10,15H2,2-3H3. The van der Waals surface area contributed by atoms with Crippen molar-refractivity contribution in [1.82, 2.24) is 0 Å². The summed E-state index contributed by atoms with van der Waals surface area (Å²) in [7, 11) is 0. The van der Waals surface area contributed by atoms with Gasteiger partial charge in [-0.2, -0.15) is 0 Å². The molecular weight excluding hydrogens is 332 g/mol. The zero-order valence-electron chi connectivity index (χ0n) is 16.1. The van der Waals surface area contributed by atoms with Gasteiger partial charge >= 0.3 is 5.97 Å². The Morgan fingerprint density at radius 3 is 2.70 bits per heavy atom. The zero-order chi connectivity index (χ0) is 19.0. The number of benzene rings is 3. The Morgan fingerprint density at radius 2 is 1.89 bits per heavy atom. The Labute approximate surface area is 160 Å². The molecule has 4 rings (SSSR count). The van der Waals surface area contributed by atoms with Crippen LogP contribution in [0.2, 0.25) is 0 Å². The van der Waals surface area contributed by atoms with E-state index in [1.54, 1.807) is 6.92 Å². The Morgan fingerprint density at radius 1 is 1.11 bits per heavy atom. The Hall–Kier alpha value is -2.61. The molecule has 0 heterocycles. The van der Waals surface area contributed by atoms with E-state index in [0.29, 0.717) is 11.5 Å². The lowest BCUT2D eigenvalue weighted by molar-refractivity contribution is -0.143. The molecule has 2 heteroatoms. The number of rotatable bonds is 4. The van der Waals surface area contributed by atoms with Gasteiger partial charge < -0.3 is 4.74 Å². The average molecular weight is 358 g/mol. The highest BCUT2D eigenvalue weighted by molar-refractivity contribution is 6.08. The Kier molecular flexibility index (Phi) is 4.73. The number of hydrogen-bond acceptors (Lipinski definition) is 2. The number of fused-ring (bicyclic) bond motifs is 5. The lowest BCUT2D eigenvalue weighted by Gasteiger charge is -2.29. The number of esters is 1. The van der Waals surface area contributed by atoms with E-state index in [1.807, 2.05) is 6.92 Å². The number of carbonyl (C=O) groups excluding carboxylic acids is 1. The van der Waals surface area contributed by atoms with Gasteiger partial charge in [-0.15, -0.1) is 0 Å². The fourth-order valence-corrected chi connectivity index (χ4v) is 4.49. The van der Waals surface area contributed by atoms with E-state index < -0.39 is 0 Å². The summed E-state index contributed by atoms with van der Waals surface area (Å²) in [5, 5.41) is 5.33. The van der Waals surface area contributed by atoms with Crippen molar-refractivity contribution in [3.63, 3.8) is 0 Å². The third kappa shape index (κ3) is 3.37. The monoisotopic (exact) mass is 358 g/mol. The molecule has 0 amide bonds. The second-order valence-corrected chi connectivity index (χ2v) is 7.84. The number of hydrogen-bond donors (Lipinski definition) is 0. The summed E-state index contributed by atoms with van der Waals surface area (Å²) in [6, 6.07) is 17.7. The van der Waals surface area contributed by atoms with Gasteiger partial charge in [0.25, 0.3) is 0 Å². The molecular formula is C25H26O2. The van der Waals surface area contributed by atoms with Crippen LogP contribution < -0.4 is 0 Å². The van der Waals surface area contributed by atoms with Gasteiger partial charge in [0, 0.05) is 5.57 Å². The summed E-state index contributed by atoms with van der Waals surface area (Å²) in [6.07, 6.45) is 4.23. The van der Waals surface area contributed by atoms with Crippen LogP contribution in [0.4, 0.5) is 0 Å². The van der Waals surface area contributed by atoms with Crippen LogP contribution in [0, 0.1) is 0 Å². The number of aryl methyl sites for hydroxylation is 1. The van der Waals surface area contributed by atoms with E-state index in [4.69, 9.17) is 4.74 Å². The van der Waals surface area contributed by atoms with Crippen LogP contribution in [0.15, 0.2) is 60.7 Å². The van der Waals surface area contributed by atoms with Gasteiger partial charge in [-0.1, -0.05) is 55.1 Å². The van der Waals surface area contributed by atoms with Gasteiger partial charge in [0.15, 0.2) is 0 Å². The maximum Gasteiger partial charge on any atom is 0.333 e. The van der Waals surface area contributed by atoms with E-state index in [9.17, 15) is 4.79 Å². The minimum absolute atomic E-state index is 0.0996. The molecule has 1 aliphatic carbocycles. The van der Waals surface area contributed by atoms with Crippen LogP contribution in [0.1, 0.15) is 50.2 Å². The first kappa shape index (κ1) is 17.8. The van der Waals surface area contributed by atoms with Crippen molar-refractivity contribution in [3.05, 3.63) is 71.8 Å². The normalized spacial score (nSPS) is 17.5. The molecule has 0 saturated heterocycles. The predicted molar refractivity (Wildman–Crippen MR) is 112 cm³/mol. The average Bonchev–Trinajstić information content (AvgIpc) is 2.67. The first-order valence-corrected chi connectivity index (χ1v) is 9.84. The molecule has 0 saturated carbocycles. The molecule has 0 bridgehead atoms. The summed E-state index contributed by atoms with van der Waals surface area (Å²) in [6.45, 7) is 7.36. The van der Waals surface area contributed by atoms with Crippen molar-refractivity contribution >= 4 is 27.5 Å². The molecule has 3 aromatic rings. The minimum atomic E-state index is -0.288. The molecule has 0 spiro atoms. The second-order valence-electron chi connectivity index (χ2n) is 7.84. The summed E-state index contributed by atoms with van der Waals surface area (Å²) < 4.78 is 5.54. The molecule has 2 nitrogen and oxygen atoms in total. The van der Waals surface area contributed by atoms with E-state index >= 15 is 0 Å². The highest BCUT2D eigenvalue weighted by atomic mass is 16.5. The quantitative estimate of drug-likeness (QED) is 0.310. The fraction of sp³-hybridized carbons (Fsp3) is 0.320. The molecule has 3 aromatic carbocycles. The van der Waals surface area contributed by atoms with Crippen LogP contribution in [0.3, 0.4) is 0 Å². The van der Waals surface area contributed by atoms with E-state index in [2.05, 4.69) is 55.1 Å². The van der Waals surface area contributed by atoms with Gasteiger partial charge in [0.2, 0.25) is 0 Å². The Balaban J connectivity index is 1.69. The van der Waals surface area contributed by atoms with Crippen molar-refractivity contribution in [3.8, 4) is 0 Å². The minimum Gasteiger partial charge on any atom is -0.459 e. The molecule has 27 heavy (non-hydrogen) atoms. The molecule has 2 atom stereocenters. The molecule has 138 valence electrons. The molecule has 0 aromatic heterocycles. The highest BCUT2D eigenvalue weighted by Gasteiger charge is 2.25. The maximum atomic E-state index is 11.8. The lowest BCUT2D eigenvalue weighted by Crippen LogP contribution is -2.20. The van der Waals surface area contributed by atoms with E-state index in [0.717, 1.165) is 19.3 Å². The first-order valence-electron chi connectivity index (χ1n) is 9.84. The van der Waals surface area contributed by atoms with Crippen molar-refractivity contribution in [2.45, 2.75) is 51.6 Å². The third-order valence-electron chi connectivity index (χ3n) is 5.77. The van der Waals surface area contributed by atoms with Gasteiger partial charge in [0.05, 0.1) is 6.10 Å². The van der Waals surface area contributed by atoms with Crippen molar-refractivity contribution in [1.29, 1.82) is 0 Å². The van der Waals surface area contributed by atoms with Gasteiger partial charge in [-0.3, -0.25) is 0 Å². The van der Waals surface area contributed by atoms with Gasteiger partial charge in [-0.05, 0) is 78.1 Å². The second kappa shape index (κ2) is 7.19. The molecule has 0 radical (unpaired) electrons. The van der Waals surface area contributed by atoms with E-state index in [1.165, 1.54) is 39.1 Å². The van der Waals surface area contributed by atoms with Crippen LogP contribution >= 0.6 is 0 Å². The third-order valence-corrected chi connectivity index (χ3v) is 5.77. The largest absolute Gasteiger partial charge is 0.459 e. The smallest absolute Gasteiger partial charge is 0.333 e. The van der Waals surface area contributed by atoms with Gasteiger partial charge in [-0.25, -0.2) is 4.79 Å². The van der Waals surface area contributed by atoms with Crippen LogP contribution in [-0.4, -0.2) is 12.1 Å². The first-order chi connectivity index (χ1) is 13.0. The fourth-order valence-electron chi connectivity index (χ4n) is 4.49.